The lowest BCUT2D eigenvalue weighted by atomic mass is 10.0. The second-order valence-corrected chi connectivity index (χ2v) is 11.0. The summed E-state index contributed by atoms with van der Waals surface area (Å²) >= 11 is 6.20. The number of nitrogens with zero attached hydrogens (tertiary/aromatic N) is 2. The minimum Gasteiger partial charge on any atom is -0.345 e. The number of halogens is 1. The van der Waals surface area contributed by atoms with E-state index in [0.717, 1.165) is 29.8 Å². The largest absolute Gasteiger partial charge is 0.345 e. The molecule has 3 rings (SSSR count). The van der Waals surface area contributed by atoms with Crippen molar-refractivity contribution < 1.29 is 4.79 Å². The van der Waals surface area contributed by atoms with Gasteiger partial charge in [-0.1, -0.05) is 139 Å². The van der Waals surface area contributed by atoms with Gasteiger partial charge in [-0.2, -0.15) is 0 Å². The first-order valence-corrected chi connectivity index (χ1v) is 15.6. The second-order valence-electron chi connectivity index (χ2n) is 10.6. The van der Waals surface area contributed by atoms with Gasteiger partial charge in [0.1, 0.15) is 5.82 Å². The van der Waals surface area contributed by atoms with Crippen LogP contribution in [0, 0.1) is 0 Å². The zero-order valence-electron chi connectivity index (χ0n) is 23.5. The van der Waals surface area contributed by atoms with E-state index in [4.69, 9.17) is 16.6 Å². The first-order valence-electron chi connectivity index (χ1n) is 15.2. The van der Waals surface area contributed by atoms with Gasteiger partial charge in [-0.15, -0.1) is 0 Å². The number of hydrogen-bond acceptors (Lipinski definition) is 2. The van der Waals surface area contributed by atoms with Crippen LogP contribution in [0.25, 0.3) is 11.0 Å². The zero-order chi connectivity index (χ0) is 26.8. The molecule has 0 aliphatic rings. The molecule has 4 nitrogen and oxygen atoms in total. The quantitative estimate of drug-likeness (QED) is 0.146. The summed E-state index contributed by atoms with van der Waals surface area (Å²) < 4.78 is 2.27. The zero-order valence-corrected chi connectivity index (χ0v) is 24.3. The maximum atomic E-state index is 12.6. The van der Waals surface area contributed by atoms with E-state index in [2.05, 4.69) is 28.9 Å². The Bertz CT molecular complexity index is 1080. The first-order chi connectivity index (χ1) is 18.7. The van der Waals surface area contributed by atoms with Crippen molar-refractivity contribution in [2.75, 3.05) is 0 Å². The fourth-order valence-corrected chi connectivity index (χ4v) is 5.45. The van der Waals surface area contributed by atoms with Crippen molar-refractivity contribution >= 4 is 28.5 Å². The van der Waals surface area contributed by atoms with Crippen molar-refractivity contribution in [1.29, 1.82) is 0 Å². The highest BCUT2D eigenvalue weighted by Crippen LogP contribution is 2.19. The van der Waals surface area contributed by atoms with Crippen LogP contribution in [0.2, 0.25) is 5.02 Å². The molecule has 208 valence electrons. The average Bonchev–Trinajstić information content (AvgIpc) is 3.29. The molecule has 1 aromatic heterocycles. The summed E-state index contributed by atoms with van der Waals surface area (Å²) in [5.74, 6) is 0.726. The van der Waals surface area contributed by atoms with Crippen molar-refractivity contribution in [2.24, 2.45) is 0 Å². The van der Waals surface area contributed by atoms with Crippen LogP contribution < -0.4 is 5.32 Å². The van der Waals surface area contributed by atoms with E-state index in [9.17, 15) is 4.79 Å². The highest BCUT2D eigenvalue weighted by atomic mass is 35.5. The average molecular weight is 538 g/mol. The van der Waals surface area contributed by atoms with Gasteiger partial charge >= 0.3 is 0 Å². The maximum absolute atomic E-state index is 12.6. The molecule has 0 aliphatic carbocycles. The van der Waals surface area contributed by atoms with Gasteiger partial charge in [0.25, 0.3) is 5.91 Å². The second kappa shape index (κ2) is 18.0. The number of para-hydroxylation sites is 2. The number of rotatable bonds is 20. The van der Waals surface area contributed by atoms with Gasteiger partial charge < -0.3 is 9.88 Å². The van der Waals surface area contributed by atoms with Crippen LogP contribution in [-0.4, -0.2) is 15.5 Å². The van der Waals surface area contributed by atoms with Gasteiger partial charge in [-0.05, 0) is 30.7 Å². The number of carbonyl (C=O) groups excluding carboxylic acids is 1. The molecule has 38 heavy (non-hydrogen) atoms. The Hall–Kier alpha value is -2.33. The van der Waals surface area contributed by atoms with Crippen molar-refractivity contribution in [2.45, 2.75) is 123 Å². The van der Waals surface area contributed by atoms with Crippen LogP contribution >= 0.6 is 11.6 Å². The third-order valence-electron chi connectivity index (χ3n) is 7.49. The molecule has 1 amide bonds. The summed E-state index contributed by atoms with van der Waals surface area (Å²) in [6.45, 7) is 3.60. The Kier molecular flexibility index (Phi) is 14.3. The number of nitrogens with one attached hydrogen (secondary N) is 1. The molecule has 0 spiro atoms. The normalized spacial score (nSPS) is 11.3. The molecule has 3 aromatic rings. The lowest BCUT2D eigenvalue weighted by molar-refractivity contribution is 0.0949. The number of aromatic nitrogens is 2. The number of amides is 1. The molecular weight excluding hydrogens is 490 g/mol. The van der Waals surface area contributed by atoms with E-state index in [-0.39, 0.29) is 5.91 Å². The lowest BCUT2D eigenvalue weighted by Gasteiger charge is -2.11. The molecular formula is C33H48ClN3O. The molecule has 0 radical (unpaired) electrons. The molecule has 1 heterocycles. The number of hydrogen-bond donors (Lipinski definition) is 1. The van der Waals surface area contributed by atoms with Gasteiger partial charge in [0.15, 0.2) is 0 Å². The molecule has 0 aliphatic heterocycles. The molecule has 2 aromatic carbocycles. The summed E-state index contributed by atoms with van der Waals surface area (Å²) in [6.07, 6.45) is 21.9. The molecule has 0 bridgehead atoms. The van der Waals surface area contributed by atoms with Gasteiger partial charge in [0.2, 0.25) is 0 Å². The Balaban J connectivity index is 1.31. The maximum Gasteiger partial charge on any atom is 0.253 e. The van der Waals surface area contributed by atoms with Crippen molar-refractivity contribution in [3.8, 4) is 0 Å². The van der Waals surface area contributed by atoms with E-state index in [1.165, 1.54) is 96.3 Å². The van der Waals surface area contributed by atoms with E-state index in [1.54, 1.807) is 12.1 Å². The van der Waals surface area contributed by atoms with E-state index in [1.807, 2.05) is 24.3 Å². The van der Waals surface area contributed by atoms with Gasteiger partial charge in [0, 0.05) is 6.54 Å². The topological polar surface area (TPSA) is 46.9 Å². The minimum atomic E-state index is -0.170. The Morgan fingerprint density at radius 3 is 1.87 bits per heavy atom. The summed E-state index contributed by atoms with van der Waals surface area (Å²) in [5.41, 5.74) is 2.61. The summed E-state index contributed by atoms with van der Waals surface area (Å²) in [6, 6.07) is 15.4. The van der Waals surface area contributed by atoms with E-state index in [0.29, 0.717) is 17.1 Å². The molecule has 0 saturated carbocycles. The Labute approximate surface area is 235 Å². The minimum absolute atomic E-state index is 0.170. The van der Waals surface area contributed by atoms with E-state index >= 15 is 0 Å². The molecule has 0 atom stereocenters. The van der Waals surface area contributed by atoms with Crippen LogP contribution in [0.3, 0.4) is 0 Å². The molecule has 1 N–H and O–H groups in total. The van der Waals surface area contributed by atoms with Crippen LogP contribution in [0.5, 0.6) is 0 Å². The monoisotopic (exact) mass is 537 g/mol. The molecule has 5 heteroatoms. The predicted octanol–water partition coefficient (Wildman–Crippen LogP) is 9.88. The Morgan fingerprint density at radius 1 is 0.737 bits per heavy atom. The van der Waals surface area contributed by atoms with Crippen molar-refractivity contribution in [3.05, 3.63) is 64.9 Å². The number of benzene rings is 2. The molecule has 0 fully saturated rings. The van der Waals surface area contributed by atoms with Gasteiger partial charge in [-0.3, -0.25) is 4.79 Å². The number of fused-ring (bicyclic) bond motifs is 1. The van der Waals surface area contributed by atoms with Crippen LogP contribution in [-0.2, 0) is 13.1 Å². The summed E-state index contributed by atoms with van der Waals surface area (Å²) in [5, 5.41) is 3.47. The van der Waals surface area contributed by atoms with E-state index < -0.39 is 0 Å². The predicted molar refractivity (Wildman–Crippen MR) is 162 cm³/mol. The summed E-state index contributed by atoms with van der Waals surface area (Å²) in [7, 11) is 0. The van der Waals surface area contributed by atoms with Crippen LogP contribution in [0.15, 0.2) is 48.5 Å². The number of aryl methyl sites for hydroxylation is 1. The third-order valence-corrected chi connectivity index (χ3v) is 7.82. The lowest BCUT2D eigenvalue weighted by Crippen LogP contribution is -2.25. The SMILES string of the molecule is CCCCCCCCCCCCCCCCCCn1c(CNC(=O)c2ccccc2Cl)nc2ccccc21. The molecule has 0 unspecified atom stereocenters. The van der Waals surface area contributed by atoms with Gasteiger partial charge in [-0.25, -0.2) is 4.98 Å². The standard InChI is InChI=1S/C33H48ClN3O/c1-2-3-4-5-6-7-8-9-10-11-12-13-14-15-16-21-26-37-31-25-20-19-24-30(31)36-32(37)27-35-33(38)28-22-17-18-23-29(28)34/h17-20,22-25H,2-16,21,26-27H2,1H3,(H,35,38). The number of unbranched alkanes of at least 4 members (excludes halogenated alkanes) is 15. The summed E-state index contributed by atoms with van der Waals surface area (Å²) in [4.78, 5) is 17.5. The van der Waals surface area contributed by atoms with Crippen molar-refractivity contribution in [3.63, 3.8) is 0 Å². The highest BCUT2D eigenvalue weighted by Gasteiger charge is 2.13. The highest BCUT2D eigenvalue weighted by molar-refractivity contribution is 6.33. The molecule has 0 saturated heterocycles. The number of imidazole rings is 1. The fraction of sp³-hybridized carbons (Fsp3) is 0.576. The van der Waals surface area contributed by atoms with Crippen molar-refractivity contribution in [1.82, 2.24) is 14.9 Å². The smallest absolute Gasteiger partial charge is 0.253 e. The van der Waals surface area contributed by atoms with Gasteiger partial charge in [0.05, 0.1) is 28.2 Å². The number of carbonyl (C=O) groups is 1. The van der Waals surface area contributed by atoms with Crippen LogP contribution in [0.4, 0.5) is 0 Å². The first kappa shape index (κ1) is 30.2. The Morgan fingerprint density at radius 2 is 1.26 bits per heavy atom. The fourth-order valence-electron chi connectivity index (χ4n) is 5.23. The van der Waals surface area contributed by atoms with Crippen LogP contribution in [0.1, 0.15) is 126 Å². The third kappa shape index (κ3) is 10.4.